The van der Waals surface area contributed by atoms with Crippen LogP contribution in [-0.4, -0.2) is 29.0 Å². The number of pyridine rings is 1. The second-order valence-corrected chi connectivity index (χ2v) is 5.67. The molecule has 0 saturated heterocycles. The minimum absolute atomic E-state index is 0.0675. The smallest absolute Gasteiger partial charge is 0.363 e. The average Bonchev–Trinajstić information content (AvgIpc) is 2.59. The standard InChI is InChI=1S/C17H16F3N5/c1-25(2)15-9-11(12-5-3-4-6-13(12)23-15)10-22-16-21-8-7-14(24-16)17(18,19)20/h3-9H,10H2,1-2H3,(H,21,22,24). The molecule has 3 rings (SSSR count). The summed E-state index contributed by atoms with van der Waals surface area (Å²) >= 11 is 0. The molecule has 0 aliphatic heterocycles. The molecule has 0 bridgehead atoms. The second-order valence-electron chi connectivity index (χ2n) is 5.67. The van der Waals surface area contributed by atoms with E-state index in [1.165, 1.54) is 0 Å². The van der Waals surface area contributed by atoms with Crippen LogP contribution in [0.4, 0.5) is 24.9 Å². The predicted molar refractivity (Wildman–Crippen MR) is 90.4 cm³/mol. The molecule has 5 nitrogen and oxygen atoms in total. The Bertz CT molecular complexity index is 893. The van der Waals surface area contributed by atoms with Crippen molar-refractivity contribution in [2.45, 2.75) is 12.7 Å². The van der Waals surface area contributed by atoms with E-state index in [1.807, 2.05) is 49.3 Å². The molecule has 0 radical (unpaired) electrons. The molecule has 0 amide bonds. The zero-order valence-electron chi connectivity index (χ0n) is 13.7. The number of rotatable bonds is 4. The van der Waals surface area contributed by atoms with Crippen LogP contribution in [-0.2, 0) is 12.7 Å². The van der Waals surface area contributed by atoms with Crippen LogP contribution in [0.3, 0.4) is 0 Å². The van der Waals surface area contributed by atoms with Gasteiger partial charge in [-0.25, -0.2) is 15.0 Å². The third kappa shape index (κ3) is 3.78. The minimum Gasteiger partial charge on any atom is -0.363 e. The van der Waals surface area contributed by atoms with Crippen molar-refractivity contribution in [3.63, 3.8) is 0 Å². The lowest BCUT2D eigenvalue weighted by molar-refractivity contribution is -0.141. The molecule has 0 saturated carbocycles. The van der Waals surface area contributed by atoms with Crippen LogP contribution in [0.25, 0.3) is 10.9 Å². The number of para-hydroxylation sites is 1. The van der Waals surface area contributed by atoms with Gasteiger partial charge in [-0.05, 0) is 23.8 Å². The van der Waals surface area contributed by atoms with E-state index in [1.54, 1.807) is 0 Å². The fourth-order valence-corrected chi connectivity index (χ4v) is 2.38. The Labute approximate surface area is 142 Å². The second kappa shape index (κ2) is 6.54. The maximum atomic E-state index is 12.7. The topological polar surface area (TPSA) is 53.9 Å². The number of nitrogens with zero attached hydrogens (tertiary/aromatic N) is 4. The summed E-state index contributed by atoms with van der Waals surface area (Å²) in [5.41, 5.74) is 0.740. The maximum Gasteiger partial charge on any atom is 0.433 e. The van der Waals surface area contributed by atoms with Crippen molar-refractivity contribution in [2.75, 3.05) is 24.3 Å². The van der Waals surface area contributed by atoms with Crippen molar-refractivity contribution in [3.05, 3.63) is 53.9 Å². The van der Waals surface area contributed by atoms with E-state index in [2.05, 4.69) is 20.3 Å². The summed E-state index contributed by atoms with van der Waals surface area (Å²) in [5.74, 6) is 0.697. The molecule has 0 fully saturated rings. The van der Waals surface area contributed by atoms with Crippen LogP contribution >= 0.6 is 0 Å². The lowest BCUT2D eigenvalue weighted by Crippen LogP contribution is -2.13. The molecule has 1 aromatic carbocycles. The van der Waals surface area contributed by atoms with Gasteiger partial charge in [-0.15, -0.1) is 0 Å². The Morgan fingerprint density at radius 3 is 2.56 bits per heavy atom. The van der Waals surface area contributed by atoms with Crippen molar-refractivity contribution in [3.8, 4) is 0 Å². The maximum absolute atomic E-state index is 12.7. The quantitative estimate of drug-likeness (QED) is 0.779. The Kier molecular flexibility index (Phi) is 4.43. The van der Waals surface area contributed by atoms with Crippen LogP contribution in [0.5, 0.6) is 0 Å². The molecule has 0 unspecified atom stereocenters. The molecule has 2 aromatic heterocycles. The summed E-state index contributed by atoms with van der Waals surface area (Å²) in [6.45, 7) is 0.283. The van der Waals surface area contributed by atoms with E-state index in [0.29, 0.717) is 0 Å². The third-order valence-electron chi connectivity index (χ3n) is 3.63. The number of hydrogen-bond donors (Lipinski definition) is 1. The number of hydrogen-bond acceptors (Lipinski definition) is 5. The number of anilines is 2. The molecule has 0 aliphatic carbocycles. The van der Waals surface area contributed by atoms with E-state index in [-0.39, 0.29) is 12.5 Å². The summed E-state index contributed by atoms with van der Waals surface area (Å²) in [6.07, 6.45) is -3.41. The highest BCUT2D eigenvalue weighted by molar-refractivity contribution is 5.84. The summed E-state index contributed by atoms with van der Waals surface area (Å²) in [6, 6.07) is 10.3. The molecule has 3 aromatic rings. The number of fused-ring (bicyclic) bond motifs is 1. The van der Waals surface area contributed by atoms with E-state index >= 15 is 0 Å². The normalized spacial score (nSPS) is 11.6. The van der Waals surface area contributed by atoms with Gasteiger partial charge in [0.25, 0.3) is 0 Å². The lowest BCUT2D eigenvalue weighted by Gasteiger charge is -2.15. The number of nitrogens with one attached hydrogen (secondary N) is 1. The van der Waals surface area contributed by atoms with Crippen LogP contribution in [0.1, 0.15) is 11.3 Å². The molecule has 2 heterocycles. The van der Waals surface area contributed by atoms with Crippen molar-refractivity contribution in [1.29, 1.82) is 0 Å². The lowest BCUT2D eigenvalue weighted by atomic mass is 10.1. The Morgan fingerprint density at radius 2 is 1.84 bits per heavy atom. The van der Waals surface area contributed by atoms with Crippen molar-refractivity contribution >= 4 is 22.7 Å². The van der Waals surface area contributed by atoms with Crippen molar-refractivity contribution in [1.82, 2.24) is 15.0 Å². The summed E-state index contributed by atoms with van der Waals surface area (Å²) < 4.78 is 38.2. The minimum atomic E-state index is -4.50. The molecule has 8 heteroatoms. The van der Waals surface area contributed by atoms with Gasteiger partial charge in [-0.1, -0.05) is 18.2 Å². The number of benzene rings is 1. The van der Waals surface area contributed by atoms with Gasteiger partial charge in [0.2, 0.25) is 5.95 Å². The molecular weight excluding hydrogens is 331 g/mol. The van der Waals surface area contributed by atoms with Crippen LogP contribution in [0, 0.1) is 0 Å². The van der Waals surface area contributed by atoms with Gasteiger partial charge >= 0.3 is 6.18 Å². The summed E-state index contributed by atoms with van der Waals surface area (Å²) in [5, 5.41) is 3.79. The fourth-order valence-electron chi connectivity index (χ4n) is 2.38. The number of aromatic nitrogens is 3. The van der Waals surface area contributed by atoms with Crippen molar-refractivity contribution < 1.29 is 13.2 Å². The van der Waals surface area contributed by atoms with E-state index < -0.39 is 11.9 Å². The molecule has 0 aliphatic rings. The van der Waals surface area contributed by atoms with Gasteiger partial charge in [0.15, 0.2) is 0 Å². The summed E-state index contributed by atoms with van der Waals surface area (Å²) in [4.78, 5) is 13.8. The van der Waals surface area contributed by atoms with Gasteiger partial charge in [-0.3, -0.25) is 0 Å². The highest BCUT2D eigenvalue weighted by atomic mass is 19.4. The molecule has 1 N–H and O–H groups in total. The van der Waals surface area contributed by atoms with Gasteiger partial charge in [-0.2, -0.15) is 13.2 Å². The van der Waals surface area contributed by atoms with E-state index in [9.17, 15) is 13.2 Å². The first-order valence-electron chi connectivity index (χ1n) is 7.55. The Balaban J connectivity index is 1.91. The van der Waals surface area contributed by atoms with Crippen molar-refractivity contribution in [2.24, 2.45) is 0 Å². The fraction of sp³-hybridized carbons (Fsp3) is 0.235. The molecule has 0 spiro atoms. The predicted octanol–water partition coefficient (Wildman–Crippen LogP) is 3.72. The Morgan fingerprint density at radius 1 is 1.08 bits per heavy atom. The van der Waals surface area contributed by atoms with Crippen LogP contribution in [0.15, 0.2) is 42.6 Å². The molecule has 130 valence electrons. The van der Waals surface area contributed by atoms with E-state index in [4.69, 9.17) is 0 Å². The highest BCUT2D eigenvalue weighted by Crippen LogP contribution is 2.28. The monoisotopic (exact) mass is 347 g/mol. The summed E-state index contributed by atoms with van der Waals surface area (Å²) in [7, 11) is 3.76. The Hall–Kier alpha value is -2.90. The van der Waals surface area contributed by atoms with Gasteiger partial charge in [0.05, 0.1) is 5.52 Å². The zero-order valence-corrected chi connectivity index (χ0v) is 13.7. The SMILES string of the molecule is CN(C)c1cc(CNc2nccc(C(F)(F)F)n2)c2ccccc2n1. The van der Waals surface area contributed by atoms with Gasteiger partial charge in [0.1, 0.15) is 11.5 Å². The third-order valence-corrected chi connectivity index (χ3v) is 3.63. The first-order valence-corrected chi connectivity index (χ1v) is 7.55. The highest BCUT2D eigenvalue weighted by Gasteiger charge is 2.32. The number of alkyl halides is 3. The van der Waals surface area contributed by atoms with E-state index in [0.717, 1.165) is 34.5 Å². The van der Waals surface area contributed by atoms with Gasteiger partial charge in [0, 0.05) is 32.2 Å². The molecular formula is C17H16F3N5. The molecule has 25 heavy (non-hydrogen) atoms. The first-order chi connectivity index (χ1) is 11.8. The average molecular weight is 347 g/mol. The van der Waals surface area contributed by atoms with Crippen LogP contribution < -0.4 is 10.2 Å². The zero-order chi connectivity index (χ0) is 18.0. The van der Waals surface area contributed by atoms with Crippen LogP contribution in [0.2, 0.25) is 0 Å². The largest absolute Gasteiger partial charge is 0.433 e. The van der Waals surface area contributed by atoms with Gasteiger partial charge < -0.3 is 10.2 Å². The first kappa shape index (κ1) is 16.9. The number of halogens is 3. The molecule has 0 atom stereocenters.